The van der Waals surface area contributed by atoms with Crippen LogP contribution in [0.1, 0.15) is 19.8 Å². The molecule has 0 amide bonds. The summed E-state index contributed by atoms with van der Waals surface area (Å²) in [6, 6.07) is 0. The van der Waals surface area contributed by atoms with Crippen LogP contribution in [0.4, 0.5) is 0 Å². The molecule has 3 heteroatoms. The van der Waals surface area contributed by atoms with Crippen molar-refractivity contribution < 1.29 is 9.90 Å². The number of carboxylic acid groups (broad SMARTS) is 1. The smallest absolute Gasteiger partial charge is 0.307 e. The van der Waals surface area contributed by atoms with Crippen molar-refractivity contribution in [1.29, 1.82) is 0 Å². The number of aliphatic carboxylic acids is 1. The Kier molecular flexibility index (Phi) is 7.64. The van der Waals surface area contributed by atoms with E-state index in [0.717, 1.165) is 19.4 Å². The zero-order valence-electron chi connectivity index (χ0n) is 9.41. The van der Waals surface area contributed by atoms with E-state index in [-0.39, 0.29) is 5.92 Å². The highest BCUT2D eigenvalue weighted by molar-refractivity contribution is 5.69. The largest absolute Gasteiger partial charge is 0.481 e. The maximum atomic E-state index is 10.6. The van der Waals surface area contributed by atoms with Crippen LogP contribution in [0.2, 0.25) is 0 Å². The minimum Gasteiger partial charge on any atom is -0.481 e. The van der Waals surface area contributed by atoms with Crippen molar-refractivity contribution >= 4 is 5.97 Å². The summed E-state index contributed by atoms with van der Waals surface area (Å²) in [5.41, 5.74) is 0. The summed E-state index contributed by atoms with van der Waals surface area (Å²) >= 11 is 0. The monoisotopic (exact) mass is 211 g/mol. The summed E-state index contributed by atoms with van der Waals surface area (Å²) in [7, 11) is 0. The van der Waals surface area contributed by atoms with Crippen molar-refractivity contribution in [2.75, 3.05) is 13.1 Å². The summed E-state index contributed by atoms with van der Waals surface area (Å²) in [5.74, 6) is -0.620. The third-order valence-electron chi connectivity index (χ3n) is 2.31. The zero-order chi connectivity index (χ0) is 11.7. The lowest BCUT2D eigenvalue weighted by Crippen LogP contribution is -2.30. The predicted octanol–water partition coefficient (Wildman–Crippen LogP) is 2.07. The Morgan fingerprint density at radius 1 is 1.33 bits per heavy atom. The molecule has 1 unspecified atom stereocenters. The molecule has 0 aromatic rings. The minimum atomic E-state index is -0.758. The standard InChI is InChI=1S/C12H21NO2/c1-4-6-11(7-5-2)9-13-8-10(3)12(14)15/h4-5,10-11,13H,1-2,6-9H2,3H3,(H,14,15). The van der Waals surface area contributed by atoms with Crippen LogP contribution in [0.3, 0.4) is 0 Å². The molecule has 0 radical (unpaired) electrons. The highest BCUT2D eigenvalue weighted by Gasteiger charge is 2.11. The van der Waals surface area contributed by atoms with Gasteiger partial charge in [-0.3, -0.25) is 4.79 Å². The highest BCUT2D eigenvalue weighted by atomic mass is 16.4. The Morgan fingerprint density at radius 3 is 2.27 bits per heavy atom. The van der Waals surface area contributed by atoms with Gasteiger partial charge in [0.2, 0.25) is 0 Å². The molecule has 0 rings (SSSR count). The molecule has 0 saturated heterocycles. The van der Waals surface area contributed by atoms with Crippen LogP contribution < -0.4 is 5.32 Å². The Labute approximate surface area is 91.9 Å². The second kappa shape index (κ2) is 8.24. The van der Waals surface area contributed by atoms with Gasteiger partial charge in [0.05, 0.1) is 5.92 Å². The van der Waals surface area contributed by atoms with Crippen LogP contribution in [-0.4, -0.2) is 24.2 Å². The quantitative estimate of drug-likeness (QED) is 0.574. The van der Waals surface area contributed by atoms with Crippen molar-refractivity contribution in [3.63, 3.8) is 0 Å². The van der Waals surface area contributed by atoms with Gasteiger partial charge >= 0.3 is 5.97 Å². The van der Waals surface area contributed by atoms with E-state index in [1.165, 1.54) is 0 Å². The lowest BCUT2D eigenvalue weighted by Gasteiger charge is -2.15. The number of hydrogen-bond acceptors (Lipinski definition) is 2. The van der Waals surface area contributed by atoms with E-state index in [2.05, 4.69) is 18.5 Å². The van der Waals surface area contributed by atoms with Crippen molar-refractivity contribution in [2.24, 2.45) is 11.8 Å². The third-order valence-corrected chi connectivity index (χ3v) is 2.31. The van der Waals surface area contributed by atoms with Crippen LogP contribution in [0.25, 0.3) is 0 Å². The van der Waals surface area contributed by atoms with Crippen molar-refractivity contribution in [3.8, 4) is 0 Å². The van der Waals surface area contributed by atoms with Crippen LogP contribution in [0.5, 0.6) is 0 Å². The zero-order valence-corrected chi connectivity index (χ0v) is 9.41. The number of hydrogen-bond donors (Lipinski definition) is 2. The Balaban J connectivity index is 3.73. The number of carbonyl (C=O) groups is 1. The van der Waals surface area contributed by atoms with E-state index in [4.69, 9.17) is 5.11 Å². The highest BCUT2D eigenvalue weighted by Crippen LogP contribution is 2.08. The molecule has 0 aliphatic heterocycles. The summed E-state index contributed by atoms with van der Waals surface area (Å²) in [6.07, 6.45) is 5.63. The van der Waals surface area contributed by atoms with E-state index in [1.807, 2.05) is 12.2 Å². The summed E-state index contributed by atoms with van der Waals surface area (Å²) in [5, 5.41) is 11.8. The molecule has 15 heavy (non-hydrogen) atoms. The van der Waals surface area contributed by atoms with Gasteiger partial charge in [0.25, 0.3) is 0 Å². The van der Waals surface area contributed by atoms with Gasteiger partial charge in [-0.1, -0.05) is 19.1 Å². The molecular formula is C12H21NO2. The first-order valence-corrected chi connectivity index (χ1v) is 5.27. The van der Waals surface area contributed by atoms with Crippen LogP contribution in [0.15, 0.2) is 25.3 Å². The predicted molar refractivity (Wildman–Crippen MR) is 62.8 cm³/mol. The number of rotatable bonds is 9. The lowest BCUT2D eigenvalue weighted by atomic mass is 10.0. The number of nitrogens with one attached hydrogen (secondary N) is 1. The first-order chi connectivity index (χ1) is 7.11. The molecule has 0 aromatic heterocycles. The minimum absolute atomic E-state index is 0.335. The Hall–Kier alpha value is -1.09. The number of carboxylic acids is 1. The molecule has 0 fully saturated rings. The van der Waals surface area contributed by atoms with Gasteiger partial charge in [-0.15, -0.1) is 13.2 Å². The van der Waals surface area contributed by atoms with Gasteiger partial charge in [0, 0.05) is 6.54 Å². The third kappa shape index (κ3) is 6.91. The van der Waals surface area contributed by atoms with Gasteiger partial charge in [0.15, 0.2) is 0 Å². The van der Waals surface area contributed by atoms with Crippen molar-refractivity contribution in [1.82, 2.24) is 5.32 Å². The fraction of sp³-hybridized carbons (Fsp3) is 0.583. The average molecular weight is 211 g/mol. The number of allylic oxidation sites excluding steroid dienone is 2. The average Bonchev–Trinajstić information content (AvgIpc) is 2.18. The van der Waals surface area contributed by atoms with E-state index < -0.39 is 5.97 Å². The first-order valence-electron chi connectivity index (χ1n) is 5.27. The molecular weight excluding hydrogens is 190 g/mol. The molecule has 0 aliphatic carbocycles. The van der Waals surface area contributed by atoms with Crippen LogP contribution >= 0.6 is 0 Å². The maximum absolute atomic E-state index is 10.6. The van der Waals surface area contributed by atoms with Crippen molar-refractivity contribution in [3.05, 3.63) is 25.3 Å². The van der Waals surface area contributed by atoms with Gasteiger partial charge in [-0.05, 0) is 25.3 Å². The fourth-order valence-corrected chi connectivity index (χ4v) is 1.33. The van der Waals surface area contributed by atoms with Gasteiger partial charge in [0.1, 0.15) is 0 Å². The fourth-order valence-electron chi connectivity index (χ4n) is 1.33. The molecule has 2 N–H and O–H groups in total. The molecule has 0 bridgehead atoms. The molecule has 0 heterocycles. The summed E-state index contributed by atoms with van der Waals surface area (Å²) < 4.78 is 0. The maximum Gasteiger partial charge on any atom is 0.307 e. The molecule has 0 spiro atoms. The molecule has 3 nitrogen and oxygen atoms in total. The van der Waals surface area contributed by atoms with Crippen LogP contribution in [0, 0.1) is 11.8 Å². The van der Waals surface area contributed by atoms with E-state index in [9.17, 15) is 4.79 Å². The molecule has 0 aliphatic rings. The first kappa shape index (κ1) is 13.9. The van der Waals surface area contributed by atoms with Gasteiger partial charge in [-0.2, -0.15) is 0 Å². The second-order valence-corrected chi connectivity index (χ2v) is 3.81. The SMILES string of the molecule is C=CCC(CC=C)CNCC(C)C(=O)O. The normalized spacial score (nSPS) is 12.4. The van der Waals surface area contributed by atoms with Gasteiger partial charge in [-0.25, -0.2) is 0 Å². The van der Waals surface area contributed by atoms with E-state index in [1.54, 1.807) is 6.92 Å². The molecule has 1 atom stereocenters. The van der Waals surface area contributed by atoms with Crippen molar-refractivity contribution in [2.45, 2.75) is 19.8 Å². The van der Waals surface area contributed by atoms with E-state index >= 15 is 0 Å². The Morgan fingerprint density at radius 2 is 1.87 bits per heavy atom. The Bertz CT molecular complexity index is 204. The summed E-state index contributed by atoms with van der Waals surface area (Å²) in [4.78, 5) is 10.6. The lowest BCUT2D eigenvalue weighted by molar-refractivity contribution is -0.140. The molecule has 0 saturated carbocycles. The van der Waals surface area contributed by atoms with Crippen LogP contribution in [-0.2, 0) is 4.79 Å². The molecule has 86 valence electrons. The van der Waals surface area contributed by atoms with Gasteiger partial charge < -0.3 is 10.4 Å². The van der Waals surface area contributed by atoms with E-state index in [0.29, 0.717) is 12.5 Å². The summed E-state index contributed by atoms with van der Waals surface area (Å²) in [6.45, 7) is 10.4. The topological polar surface area (TPSA) is 49.3 Å². The second-order valence-electron chi connectivity index (χ2n) is 3.81. The molecule has 0 aromatic carbocycles.